The molecule has 0 saturated carbocycles. The molecule has 0 bridgehead atoms. The Balaban J connectivity index is 2.20. The molecule has 0 aliphatic carbocycles. The summed E-state index contributed by atoms with van der Waals surface area (Å²) < 4.78 is 4.99. The van der Waals surface area contributed by atoms with Crippen molar-refractivity contribution in [3.63, 3.8) is 0 Å². The van der Waals surface area contributed by atoms with Gasteiger partial charge >= 0.3 is 5.97 Å². The molecule has 0 aromatic heterocycles. The summed E-state index contributed by atoms with van der Waals surface area (Å²) in [7, 11) is 0. The maximum absolute atomic E-state index is 11.7. The normalized spacial score (nSPS) is 10.5. The molecule has 1 aromatic rings. The Hall–Kier alpha value is -1.84. The lowest BCUT2D eigenvalue weighted by Crippen LogP contribution is -2.27. The van der Waals surface area contributed by atoms with Crippen molar-refractivity contribution in [2.24, 2.45) is 0 Å². The molecule has 0 aliphatic rings. The van der Waals surface area contributed by atoms with Crippen molar-refractivity contribution >= 4 is 11.9 Å². The number of carbonyl (C=O) groups is 2. The van der Waals surface area contributed by atoms with Gasteiger partial charge in [-0.25, -0.2) is 0 Å². The smallest absolute Gasteiger partial charge is 0.307 e. The minimum Gasteiger partial charge on any atom is -0.463 e. The fourth-order valence-corrected chi connectivity index (χ4v) is 1.91. The number of ether oxygens (including phenoxy) is 1. The van der Waals surface area contributed by atoms with Gasteiger partial charge in [-0.3, -0.25) is 9.59 Å². The van der Waals surface area contributed by atoms with Crippen LogP contribution in [0.1, 0.15) is 44.7 Å². The summed E-state index contributed by atoms with van der Waals surface area (Å²) in [6.45, 7) is 6.06. The highest BCUT2D eigenvalue weighted by Crippen LogP contribution is 2.07. The van der Waals surface area contributed by atoms with E-state index in [0.717, 1.165) is 12.0 Å². The molecule has 1 N–H and O–H groups in total. The summed E-state index contributed by atoms with van der Waals surface area (Å²) in [6, 6.07) is 8.31. The van der Waals surface area contributed by atoms with Crippen molar-refractivity contribution < 1.29 is 14.3 Å². The monoisotopic (exact) mass is 291 g/mol. The van der Waals surface area contributed by atoms with E-state index in [4.69, 9.17) is 4.74 Å². The van der Waals surface area contributed by atoms with Gasteiger partial charge in [0.05, 0.1) is 12.5 Å². The van der Waals surface area contributed by atoms with E-state index >= 15 is 0 Å². The van der Waals surface area contributed by atoms with Crippen LogP contribution in [0.15, 0.2) is 24.3 Å². The second-order valence-electron chi connectivity index (χ2n) is 5.31. The molecule has 0 spiro atoms. The Bertz CT molecular complexity index is 452. The largest absolute Gasteiger partial charge is 0.463 e. The van der Waals surface area contributed by atoms with Crippen LogP contribution in [0.4, 0.5) is 0 Å². The molecule has 0 unspecified atom stereocenters. The Morgan fingerprint density at radius 1 is 1.10 bits per heavy atom. The van der Waals surface area contributed by atoms with E-state index in [2.05, 4.69) is 36.5 Å². The summed E-state index contributed by atoms with van der Waals surface area (Å²) in [5.41, 5.74) is 2.45. The zero-order chi connectivity index (χ0) is 15.7. The molecule has 0 fully saturated rings. The van der Waals surface area contributed by atoms with E-state index in [0.29, 0.717) is 19.4 Å². The van der Waals surface area contributed by atoms with Gasteiger partial charge in [0, 0.05) is 13.0 Å². The SMILES string of the molecule is CCc1ccc(CCC(=O)NCCC(=O)OC(C)C)cc1. The Labute approximate surface area is 126 Å². The van der Waals surface area contributed by atoms with Crippen LogP contribution < -0.4 is 5.32 Å². The first-order valence-electron chi connectivity index (χ1n) is 7.55. The van der Waals surface area contributed by atoms with Crippen molar-refractivity contribution in [2.45, 2.75) is 52.6 Å². The third-order valence-corrected chi connectivity index (χ3v) is 3.09. The highest BCUT2D eigenvalue weighted by Gasteiger charge is 2.07. The topological polar surface area (TPSA) is 55.4 Å². The fraction of sp³-hybridized carbons (Fsp3) is 0.529. The summed E-state index contributed by atoms with van der Waals surface area (Å²) in [5, 5.41) is 2.74. The highest BCUT2D eigenvalue weighted by molar-refractivity contribution is 5.77. The highest BCUT2D eigenvalue weighted by atomic mass is 16.5. The quantitative estimate of drug-likeness (QED) is 0.749. The van der Waals surface area contributed by atoms with Gasteiger partial charge in [-0.1, -0.05) is 31.2 Å². The Morgan fingerprint density at radius 2 is 1.71 bits per heavy atom. The van der Waals surface area contributed by atoms with Crippen molar-refractivity contribution in [3.8, 4) is 0 Å². The van der Waals surface area contributed by atoms with E-state index < -0.39 is 0 Å². The average molecular weight is 291 g/mol. The number of amides is 1. The zero-order valence-electron chi connectivity index (χ0n) is 13.1. The standard InChI is InChI=1S/C17H25NO3/c1-4-14-5-7-15(8-6-14)9-10-16(19)18-12-11-17(20)21-13(2)3/h5-8,13H,4,9-12H2,1-3H3,(H,18,19). The van der Waals surface area contributed by atoms with Crippen LogP contribution in [-0.2, 0) is 27.2 Å². The number of carbonyl (C=O) groups excluding carboxylic acids is 2. The van der Waals surface area contributed by atoms with Crippen molar-refractivity contribution in [1.82, 2.24) is 5.32 Å². The predicted octanol–water partition coefficient (Wildman–Crippen LogP) is 2.64. The van der Waals surface area contributed by atoms with Crippen LogP contribution in [0.2, 0.25) is 0 Å². The van der Waals surface area contributed by atoms with Crippen LogP contribution in [0, 0.1) is 0 Å². The third kappa shape index (κ3) is 7.49. The molecule has 1 aromatic carbocycles. The van der Waals surface area contributed by atoms with Gasteiger partial charge in [-0.05, 0) is 37.8 Å². The van der Waals surface area contributed by atoms with E-state index in [1.165, 1.54) is 5.56 Å². The Morgan fingerprint density at radius 3 is 2.29 bits per heavy atom. The molecule has 0 atom stereocenters. The molecule has 116 valence electrons. The molecule has 1 amide bonds. The van der Waals surface area contributed by atoms with E-state index in [1.807, 2.05) is 0 Å². The van der Waals surface area contributed by atoms with Crippen LogP contribution in [-0.4, -0.2) is 24.5 Å². The van der Waals surface area contributed by atoms with E-state index in [1.54, 1.807) is 13.8 Å². The lowest BCUT2D eigenvalue weighted by Gasteiger charge is -2.08. The second kappa shape index (κ2) is 9.16. The van der Waals surface area contributed by atoms with Crippen molar-refractivity contribution in [2.75, 3.05) is 6.54 Å². The van der Waals surface area contributed by atoms with Gasteiger partial charge in [-0.15, -0.1) is 0 Å². The zero-order valence-corrected chi connectivity index (χ0v) is 13.1. The molecule has 4 heteroatoms. The summed E-state index contributed by atoms with van der Waals surface area (Å²) in [4.78, 5) is 23.0. The maximum atomic E-state index is 11.7. The average Bonchev–Trinajstić information content (AvgIpc) is 2.45. The molecule has 1 rings (SSSR count). The molecule has 4 nitrogen and oxygen atoms in total. The van der Waals surface area contributed by atoms with Gasteiger partial charge in [0.15, 0.2) is 0 Å². The van der Waals surface area contributed by atoms with Gasteiger partial charge in [0.2, 0.25) is 5.91 Å². The Kier molecular flexibility index (Phi) is 7.51. The number of hydrogen-bond acceptors (Lipinski definition) is 3. The molecule has 0 aliphatic heterocycles. The van der Waals surface area contributed by atoms with E-state index in [-0.39, 0.29) is 24.4 Å². The molecular formula is C17H25NO3. The minimum atomic E-state index is -0.277. The number of rotatable bonds is 8. The molecule has 0 heterocycles. The number of aryl methyl sites for hydroxylation is 2. The predicted molar refractivity (Wildman–Crippen MR) is 83.0 cm³/mol. The van der Waals surface area contributed by atoms with E-state index in [9.17, 15) is 9.59 Å². The minimum absolute atomic E-state index is 0.0353. The number of hydrogen-bond donors (Lipinski definition) is 1. The van der Waals surface area contributed by atoms with Crippen LogP contribution in [0.5, 0.6) is 0 Å². The third-order valence-electron chi connectivity index (χ3n) is 3.09. The van der Waals surface area contributed by atoms with Gasteiger partial charge in [-0.2, -0.15) is 0 Å². The second-order valence-corrected chi connectivity index (χ2v) is 5.31. The molecule has 0 saturated heterocycles. The first-order chi connectivity index (χ1) is 10.0. The molecule has 0 radical (unpaired) electrons. The maximum Gasteiger partial charge on any atom is 0.307 e. The lowest BCUT2D eigenvalue weighted by atomic mass is 10.1. The number of nitrogens with one attached hydrogen (secondary N) is 1. The van der Waals surface area contributed by atoms with Crippen LogP contribution in [0.25, 0.3) is 0 Å². The first-order valence-corrected chi connectivity index (χ1v) is 7.55. The van der Waals surface area contributed by atoms with Gasteiger partial charge < -0.3 is 10.1 Å². The van der Waals surface area contributed by atoms with Gasteiger partial charge in [0.1, 0.15) is 0 Å². The van der Waals surface area contributed by atoms with Crippen LogP contribution >= 0.6 is 0 Å². The summed E-state index contributed by atoms with van der Waals surface area (Å²) >= 11 is 0. The molecular weight excluding hydrogens is 266 g/mol. The molecule has 21 heavy (non-hydrogen) atoms. The lowest BCUT2D eigenvalue weighted by molar-refractivity contribution is -0.147. The summed E-state index contributed by atoms with van der Waals surface area (Å²) in [5.74, 6) is -0.313. The van der Waals surface area contributed by atoms with Crippen molar-refractivity contribution in [3.05, 3.63) is 35.4 Å². The fourth-order valence-electron chi connectivity index (χ4n) is 1.91. The van der Waals surface area contributed by atoms with Crippen LogP contribution in [0.3, 0.4) is 0 Å². The van der Waals surface area contributed by atoms with Gasteiger partial charge in [0.25, 0.3) is 0 Å². The first kappa shape index (κ1) is 17.2. The summed E-state index contributed by atoms with van der Waals surface area (Å²) in [6.07, 6.45) is 2.28. The number of benzene rings is 1. The van der Waals surface area contributed by atoms with Crippen molar-refractivity contribution in [1.29, 1.82) is 0 Å². The number of esters is 1.